The third-order valence-electron chi connectivity index (χ3n) is 2.98. The topological polar surface area (TPSA) is 42.9 Å². The number of hydrogen-bond acceptors (Lipinski definition) is 4. The molecule has 0 fully saturated rings. The van der Waals surface area contributed by atoms with E-state index in [9.17, 15) is 4.79 Å². The van der Waals surface area contributed by atoms with Crippen LogP contribution >= 0.6 is 11.3 Å². The maximum Gasteiger partial charge on any atom is 0.171 e. The first-order chi connectivity index (χ1) is 9.16. The third kappa shape index (κ3) is 2.04. The van der Waals surface area contributed by atoms with Crippen LogP contribution in [0.3, 0.4) is 0 Å². The molecule has 0 aliphatic rings. The number of nitrogens with zero attached hydrogens (tertiary/aromatic N) is 2. The van der Waals surface area contributed by atoms with Crippen LogP contribution < -0.4 is 0 Å². The molecule has 19 heavy (non-hydrogen) atoms. The van der Waals surface area contributed by atoms with Crippen molar-refractivity contribution in [1.29, 1.82) is 0 Å². The van der Waals surface area contributed by atoms with E-state index < -0.39 is 0 Å². The van der Waals surface area contributed by atoms with Gasteiger partial charge in [0.2, 0.25) is 0 Å². The standard InChI is InChI=1S/C15H12N2OS/c1-9-14(10(2)18)19-15(17-9)12-7-3-5-11-6-4-8-16-13(11)12/h3-8H,1-2H3. The van der Waals surface area contributed by atoms with Crippen LogP contribution in [0.4, 0.5) is 0 Å². The van der Waals surface area contributed by atoms with E-state index in [2.05, 4.69) is 9.97 Å². The van der Waals surface area contributed by atoms with Crippen molar-refractivity contribution in [2.45, 2.75) is 13.8 Å². The van der Waals surface area contributed by atoms with Crippen molar-refractivity contribution < 1.29 is 4.79 Å². The van der Waals surface area contributed by atoms with Crippen LogP contribution in [0.1, 0.15) is 22.3 Å². The Kier molecular flexibility index (Phi) is 2.87. The zero-order valence-electron chi connectivity index (χ0n) is 10.7. The number of fused-ring (bicyclic) bond motifs is 1. The van der Waals surface area contributed by atoms with Gasteiger partial charge in [0.05, 0.1) is 16.1 Å². The molecule has 0 amide bonds. The van der Waals surface area contributed by atoms with Gasteiger partial charge in [-0.05, 0) is 19.1 Å². The molecule has 0 saturated carbocycles. The number of pyridine rings is 1. The summed E-state index contributed by atoms with van der Waals surface area (Å²) in [4.78, 5) is 21.2. The number of carbonyl (C=O) groups is 1. The normalized spacial score (nSPS) is 10.8. The maximum absolute atomic E-state index is 11.5. The summed E-state index contributed by atoms with van der Waals surface area (Å²) >= 11 is 1.43. The minimum atomic E-state index is 0.0643. The molecule has 0 bridgehead atoms. The predicted octanol–water partition coefficient (Wildman–Crippen LogP) is 3.87. The molecule has 94 valence electrons. The fourth-order valence-electron chi connectivity index (χ4n) is 2.12. The molecule has 0 saturated heterocycles. The summed E-state index contributed by atoms with van der Waals surface area (Å²) in [5.74, 6) is 0.0643. The maximum atomic E-state index is 11.5. The Balaban J connectivity index is 2.25. The summed E-state index contributed by atoms with van der Waals surface area (Å²) in [6, 6.07) is 9.96. The highest BCUT2D eigenvalue weighted by atomic mass is 32.1. The van der Waals surface area contributed by atoms with Crippen LogP contribution in [0.2, 0.25) is 0 Å². The van der Waals surface area contributed by atoms with Gasteiger partial charge in [0.15, 0.2) is 5.78 Å². The Morgan fingerprint density at radius 3 is 2.74 bits per heavy atom. The van der Waals surface area contributed by atoms with E-state index in [-0.39, 0.29) is 5.78 Å². The van der Waals surface area contributed by atoms with E-state index in [1.807, 2.05) is 37.3 Å². The van der Waals surface area contributed by atoms with E-state index >= 15 is 0 Å². The van der Waals surface area contributed by atoms with Crippen molar-refractivity contribution in [3.05, 3.63) is 47.1 Å². The minimum absolute atomic E-state index is 0.0643. The second-order valence-corrected chi connectivity index (χ2v) is 5.37. The Morgan fingerprint density at radius 2 is 2.00 bits per heavy atom. The van der Waals surface area contributed by atoms with Crippen LogP contribution in [0.5, 0.6) is 0 Å². The average molecular weight is 268 g/mol. The van der Waals surface area contributed by atoms with Crippen molar-refractivity contribution in [3.63, 3.8) is 0 Å². The Labute approximate surface area is 115 Å². The largest absolute Gasteiger partial charge is 0.294 e. The van der Waals surface area contributed by atoms with E-state index in [4.69, 9.17) is 0 Å². The molecule has 4 heteroatoms. The zero-order valence-corrected chi connectivity index (χ0v) is 11.5. The van der Waals surface area contributed by atoms with E-state index in [0.717, 1.165) is 32.0 Å². The molecule has 0 atom stereocenters. The fraction of sp³-hybridized carbons (Fsp3) is 0.133. The van der Waals surface area contributed by atoms with Gasteiger partial charge in [-0.3, -0.25) is 9.78 Å². The van der Waals surface area contributed by atoms with Crippen molar-refractivity contribution in [1.82, 2.24) is 9.97 Å². The third-order valence-corrected chi connectivity index (χ3v) is 4.27. The second kappa shape index (κ2) is 4.55. The number of rotatable bonds is 2. The Bertz CT molecular complexity index is 771. The van der Waals surface area contributed by atoms with Crippen molar-refractivity contribution in [2.24, 2.45) is 0 Å². The highest BCUT2D eigenvalue weighted by Gasteiger charge is 2.14. The van der Waals surface area contributed by atoms with Gasteiger partial charge in [0.25, 0.3) is 0 Å². The second-order valence-electron chi connectivity index (χ2n) is 4.37. The van der Waals surface area contributed by atoms with Gasteiger partial charge in [0, 0.05) is 24.1 Å². The Hall–Kier alpha value is -2.07. The smallest absolute Gasteiger partial charge is 0.171 e. The van der Waals surface area contributed by atoms with Crippen molar-refractivity contribution in [3.8, 4) is 10.6 Å². The van der Waals surface area contributed by atoms with Crippen LogP contribution in [0.25, 0.3) is 21.5 Å². The number of benzene rings is 1. The van der Waals surface area contributed by atoms with E-state index in [1.54, 1.807) is 13.1 Å². The number of hydrogen-bond donors (Lipinski definition) is 0. The molecule has 2 aromatic heterocycles. The lowest BCUT2D eigenvalue weighted by molar-refractivity contribution is 0.102. The molecule has 0 unspecified atom stereocenters. The molecule has 3 aromatic rings. The number of para-hydroxylation sites is 1. The van der Waals surface area contributed by atoms with E-state index in [0.29, 0.717) is 0 Å². The lowest BCUT2D eigenvalue weighted by atomic mass is 10.1. The number of thiazole rings is 1. The number of aromatic nitrogens is 2. The summed E-state index contributed by atoms with van der Waals surface area (Å²) in [6.45, 7) is 3.45. The highest BCUT2D eigenvalue weighted by molar-refractivity contribution is 7.17. The summed E-state index contributed by atoms with van der Waals surface area (Å²) < 4.78 is 0. The van der Waals surface area contributed by atoms with Crippen LogP contribution in [0, 0.1) is 6.92 Å². The number of aryl methyl sites for hydroxylation is 1. The molecule has 0 spiro atoms. The zero-order chi connectivity index (χ0) is 13.4. The number of ketones is 1. The fourth-order valence-corrected chi connectivity index (χ4v) is 3.10. The number of Topliss-reactive ketones (excluding diaryl/α,β-unsaturated/α-hetero) is 1. The lowest BCUT2D eigenvalue weighted by Gasteiger charge is -2.01. The molecule has 0 N–H and O–H groups in total. The van der Waals surface area contributed by atoms with Gasteiger partial charge < -0.3 is 0 Å². The van der Waals surface area contributed by atoms with Crippen molar-refractivity contribution >= 4 is 28.0 Å². The van der Waals surface area contributed by atoms with Gasteiger partial charge >= 0.3 is 0 Å². The molecule has 0 aliphatic carbocycles. The number of carbonyl (C=O) groups excluding carboxylic acids is 1. The van der Waals surface area contributed by atoms with Crippen LogP contribution in [0.15, 0.2) is 36.5 Å². The first-order valence-corrected chi connectivity index (χ1v) is 6.81. The summed E-state index contributed by atoms with van der Waals surface area (Å²) in [7, 11) is 0. The van der Waals surface area contributed by atoms with Gasteiger partial charge in [-0.15, -0.1) is 11.3 Å². The Morgan fingerprint density at radius 1 is 1.21 bits per heavy atom. The molecule has 3 nitrogen and oxygen atoms in total. The van der Waals surface area contributed by atoms with Gasteiger partial charge in [-0.1, -0.05) is 18.2 Å². The molecular formula is C15H12N2OS. The highest BCUT2D eigenvalue weighted by Crippen LogP contribution is 2.32. The minimum Gasteiger partial charge on any atom is -0.294 e. The molecule has 3 rings (SSSR count). The molecule has 0 aliphatic heterocycles. The SMILES string of the molecule is CC(=O)c1sc(-c2cccc3cccnc23)nc1C. The van der Waals surface area contributed by atoms with Gasteiger partial charge in [-0.2, -0.15) is 0 Å². The summed E-state index contributed by atoms with van der Waals surface area (Å²) in [6.07, 6.45) is 1.78. The van der Waals surface area contributed by atoms with Crippen LogP contribution in [-0.2, 0) is 0 Å². The first kappa shape index (κ1) is 12.0. The first-order valence-electron chi connectivity index (χ1n) is 5.99. The van der Waals surface area contributed by atoms with Crippen molar-refractivity contribution in [2.75, 3.05) is 0 Å². The summed E-state index contributed by atoms with van der Waals surface area (Å²) in [5.41, 5.74) is 2.70. The quantitative estimate of drug-likeness (QED) is 0.663. The monoisotopic (exact) mass is 268 g/mol. The molecule has 1 aromatic carbocycles. The molecular weight excluding hydrogens is 256 g/mol. The predicted molar refractivity (Wildman–Crippen MR) is 77.6 cm³/mol. The van der Waals surface area contributed by atoms with E-state index in [1.165, 1.54) is 11.3 Å². The van der Waals surface area contributed by atoms with Gasteiger partial charge in [0.1, 0.15) is 5.01 Å². The lowest BCUT2D eigenvalue weighted by Crippen LogP contribution is -1.89. The van der Waals surface area contributed by atoms with Gasteiger partial charge in [-0.25, -0.2) is 4.98 Å². The average Bonchev–Trinajstić information content (AvgIpc) is 2.80. The molecule has 0 radical (unpaired) electrons. The summed E-state index contributed by atoms with van der Waals surface area (Å²) in [5, 5.41) is 1.93. The molecule has 2 heterocycles. The van der Waals surface area contributed by atoms with Crippen LogP contribution in [-0.4, -0.2) is 15.8 Å².